The van der Waals surface area contributed by atoms with Crippen LogP contribution in [0.2, 0.25) is 10.0 Å². The molecule has 0 unspecified atom stereocenters. The second-order valence-electron chi connectivity index (χ2n) is 8.51. The van der Waals surface area contributed by atoms with Crippen molar-refractivity contribution >= 4 is 50.6 Å². The normalized spacial score (nSPS) is 11.7. The van der Waals surface area contributed by atoms with Crippen molar-refractivity contribution in [3.8, 4) is 0 Å². The lowest BCUT2D eigenvalue weighted by Gasteiger charge is -2.18. The number of carbonyl (C=O) groups is 1. The number of hydrogen-bond acceptors (Lipinski definition) is 4. The molecule has 0 spiro atoms. The molecule has 34 heavy (non-hydrogen) atoms. The summed E-state index contributed by atoms with van der Waals surface area (Å²) in [6.45, 7) is 4.05. The van der Waals surface area contributed by atoms with Crippen molar-refractivity contribution in [1.29, 1.82) is 0 Å². The van der Waals surface area contributed by atoms with E-state index < -0.39 is 16.1 Å². The predicted octanol–water partition coefficient (Wildman–Crippen LogP) is 5.40. The number of nitrogens with two attached hydrogens (primary N) is 1. The zero-order valence-corrected chi connectivity index (χ0v) is 21.1. The zero-order valence-electron chi connectivity index (χ0n) is 18.7. The molecule has 10 heteroatoms. The number of halogens is 2. The van der Waals surface area contributed by atoms with Gasteiger partial charge in [-0.2, -0.15) is 0 Å². The van der Waals surface area contributed by atoms with Crippen molar-refractivity contribution in [1.82, 2.24) is 5.32 Å². The number of hydrogen-bond donors (Lipinski definition) is 4. The first kappa shape index (κ1) is 25.8. The van der Waals surface area contributed by atoms with Gasteiger partial charge in [0.25, 0.3) is 10.0 Å². The molecule has 5 N–H and O–H groups in total. The summed E-state index contributed by atoms with van der Waals surface area (Å²) in [6.07, 6.45) is 0.675. The van der Waals surface area contributed by atoms with Gasteiger partial charge in [-0.1, -0.05) is 47.5 Å². The van der Waals surface area contributed by atoms with Crippen LogP contribution in [-0.4, -0.2) is 20.0 Å². The average molecular weight is 521 g/mol. The molecule has 3 aromatic carbocycles. The highest BCUT2D eigenvalue weighted by Crippen LogP contribution is 2.25. The Morgan fingerprint density at radius 1 is 0.941 bits per heavy atom. The van der Waals surface area contributed by atoms with E-state index in [4.69, 9.17) is 28.9 Å². The van der Waals surface area contributed by atoms with E-state index in [1.165, 1.54) is 24.3 Å². The number of amides is 2. The molecule has 0 aliphatic heterocycles. The summed E-state index contributed by atoms with van der Waals surface area (Å²) in [5.41, 5.74) is 8.25. The Bertz CT molecular complexity index is 1260. The number of carbonyl (C=O) groups excluding carboxylic acids is 1. The topological polar surface area (TPSA) is 113 Å². The fourth-order valence-corrected chi connectivity index (χ4v) is 4.63. The molecular formula is C24H26Cl2N4O3S. The molecular weight excluding hydrogens is 495 g/mol. The first-order valence-electron chi connectivity index (χ1n) is 10.4. The standard InChI is InChI=1S/C24H26Cl2N4O3S/c1-24(2,27)14-16-6-8-19(9-7-16)30-34(32,33)20-12-10-18(11-13-20)29-23(31)28-15-17-4-3-5-21(25)22(17)26/h3-13,30H,14-15,27H2,1-2H3,(H2,28,29,31). The van der Waals surface area contributed by atoms with Crippen LogP contribution in [0.4, 0.5) is 16.2 Å². The highest BCUT2D eigenvalue weighted by molar-refractivity contribution is 7.92. The third-order valence-electron chi connectivity index (χ3n) is 4.76. The minimum absolute atomic E-state index is 0.0661. The van der Waals surface area contributed by atoms with Crippen molar-refractivity contribution in [2.24, 2.45) is 5.73 Å². The SMILES string of the molecule is CC(C)(N)Cc1ccc(NS(=O)(=O)c2ccc(NC(=O)NCc3cccc(Cl)c3Cl)cc2)cc1. The van der Waals surface area contributed by atoms with Crippen molar-refractivity contribution < 1.29 is 13.2 Å². The summed E-state index contributed by atoms with van der Waals surface area (Å²) < 4.78 is 28.0. The third kappa shape index (κ3) is 7.36. The first-order chi connectivity index (χ1) is 15.9. The van der Waals surface area contributed by atoms with E-state index in [1.54, 1.807) is 30.3 Å². The maximum atomic E-state index is 12.7. The minimum atomic E-state index is -3.79. The molecule has 0 saturated heterocycles. The summed E-state index contributed by atoms with van der Waals surface area (Å²) >= 11 is 12.1. The highest BCUT2D eigenvalue weighted by Gasteiger charge is 2.16. The van der Waals surface area contributed by atoms with Crippen molar-refractivity contribution in [2.75, 3.05) is 10.0 Å². The Balaban J connectivity index is 1.58. The Kier molecular flexibility index (Phi) is 8.09. The molecule has 0 aromatic heterocycles. The lowest BCUT2D eigenvalue weighted by Crippen LogP contribution is -2.34. The maximum Gasteiger partial charge on any atom is 0.319 e. The Morgan fingerprint density at radius 3 is 2.18 bits per heavy atom. The Labute approximate surface area is 209 Å². The second kappa shape index (κ2) is 10.7. The first-order valence-corrected chi connectivity index (χ1v) is 12.7. The molecule has 180 valence electrons. The number of nitrogens with one attached hydrogen (secondary N) is 3. The van der Waals surface area contributed by atoms with E-state index >= 15 is 0 Å². The quantitative estimate of drug-likeness (QED) is 0.318. The van der Waals surface area contributed by atoms with Gasteiger partial charge in [-0.25, -0.2) is 13.2 Å². The summed E-state index contributed by atoms with van der Waals surface area (Å²) in [7, 11) is -3.79. The van der Waals surface area contributed by atoms with Crippen LogP contribution >= 0.6 is 23.2 Å². The van der Waals surface area contributed by atoms with Gasteiger partial charge in [0, 0.05) is 23.5 Å². The van der Waals surface area contributed by atoms with E-state index in [-0.39, 0.29) is 17.0 Å². The monoisotopic (exact) mass is 520 g/mol. The van der Waals surface area contributed by atoms with E-state index in [0.29, 0.717) is 33.4 Å². The molecule has 3 aromatic rings. The Morgan fingerprint density at radius 2 is 1.56 bits per heavy atom. The molecule has 0 radical (unpaired) electrons. The van der Waals surface area contributed by atoms with Gasteiger partial charge < -0.3 is 16.4 Å². The maximum absolute atomic E-state index is 12.7. The third-order valence-corrected chi connectivity index (χ3v) is 7.01. The summed E-state index contributed by atoms with van der Waals surface area (Å²) in [4.78, 5) is 12.2. The molecule has 3 rings (SSSR count). The molecule has 0 heterocycles. The smallest absolute Gasteiger partial charge is 0.319 e. The number of rotatable bonds is 8. The zero-order chi connectivity index (χ0) is 24.9. The van der Waals surface area contributed by atoms with Crippen LogP contribution in [0, 0.1) is 0 Å². The van der Waals surface area contributed by atoms with Gasteiger partial charge in [-0.15, -0.1) is 0 Å². The summed E-state index contributed by atoms with van der Waals surface area (Å²) in [5, 5.41) is 6.11. The molecule has 0 saturated carbocycles. The van der Waals surface area contributed by atoms with Gasteiger partial charge >= 0.3 is 6.03 Å². The van der Waals surface area contributed by atoms with Crippen LogP contribution in [0.15, 0.2) is 71.6 Å². The summed E-state index contributed by atoms with van der Waals surface area (Å²) in [6, 6.07) is 17.6. The lowest BCUT2D eigenvalue weighted by atomic mass is 9.96. The Hall–Kier alpha value is -2.78. The van der Waals surface area contributed by atoms with E-state index in [0.717, 1.165) is 5.56 Å². The van der Waals surface area contributed by atoms with Crippen LogP contribution < -0.4 is 21.1 Å². The largest absolute Gasteiger partial charge is 0.334 e. The van der Waals surface area contributed by atoms with Gasteiger partial charge in [0.1, 0.15) is 0 Å². The fraction of sp³-hybridized carbons (Fsp3) is 0.208. The van der Waals surface area contributed by atoms with Gasteiger partial charge in [-0.05, 0) is 73.9 Å². The van der Waals surface area contributed by atoms with Crippen molar-refractivity contribution in [3.05, 3.63) is 87.9 Å². The highest BCUT2D eigenvalue weighted by atomic mass is 35.5. The predicted molar refractivity (Wildman–Crippen MR) is 138 cm³/mol. The van der Waals surface area contributed by atoms with E-state index in [1.807, 2.05) is 26.0 Å². The van der Waals surface area contributed by atoms with Crippen molar-refractivity contribution in [2.45, 2.75) is 37.2 Å². The average Bonchev–Trinajstić information content (AvgIpc) is 2.75. The molecule has 0 aliphatic rings. The van der Waals surface area contributed by atoms with Crippen molar-refractivity contribution in [3.63, 3.8) is 0 Å². The van der Waals surface area contributed by atoms with Gasteiger partial charge in [-0.3, -0.25) is 4.72 Å². The minimum Gasteiger partial charge on any atom is -0.334 e. The second-order valence-corrected chi connectivity index (χ2v) is 11.0. The fourth-order valence-electron chi connectivity index (χ4n) is 3.18. The van der Waals surface area contributed by atoms with Crippen LogP contribution in [0.25, 0.3) is 0 Å². The van der Waals surface area contributed by atoms with Gasteiger partial charge in [0.05, 0.1) is 14.9 Å². The lowest BCUT2D eigenvalue weighted by molar-refractivity contribution is 0.251. The molecule has 0 aliphatic carbocycles. The van der Waals surface area contributed by atoms with Crippen LogP contribution in [0.3, 0.4) is 0 Å². The molecule has 0 fully saturated rings. The van der Waals surface area contributed by atoms with E-state index in [2.05, 4.69) is 15.4 Å². The number of sulfonamides is 1. The van der Waals surface area contributed by atoms with Crippen LogP contribution in [0.1, 0.15) is 25.0 Å². The van der Waals surface area contributed by atoms with Crippen LogP contribution in [-0.2, 0) is 23.0 Å². The molecule has 2 amide bonds. The number of urea groups is 1. The summed E-state index contributed by atoms with van der Waals surface area (Å²) in [5.74, 6) is 0. The van der Waals surface area contributed by atoms with E-state index in [9.17, 15) is 13.2 Å². The molecule has 7 nitrogen and oxygen atoms in total. The van der Waals surface area contributed by atoms with Crippen LogP contribution in [0.5, 0.6) is 0 Å². The van der Waals surface area contributed by atoms with Gasteiger partial charge in [0.2, 0.25) is 0 Å². The molecule has 0 atom stereocenters. The number of anilines is 2. The molecule has 0 bridgehead atoms. The number of benzene rings is 3. The van der Waals surface area contributed by atoms with Gasteiger partial charge in [0.15, 0.2) is 0 Å².